The summed E-state index contributed by atoms with van der Waals surface area (Å²) in [6, 6.07) is 2.68. The predicted octanol–water partition coefficient (Wildman–Crippen LogP) is 3.73. The van der Waals surface area contributed by atoms with Crippen LogP contribution in [-0.2, 0) is 0 Å². The molecule has 1 rings (SSSR count). The lowest BCUT2D eigenvalue weighted by Gasteiger charge is -2.09. The summed E-state index contributed by atoms with van der Waals surface area (Å²) in [7, 11) is 0. The molecule has 0 saturated heterocycles. The second kappa shape index (κ2) is 4.79. The smallest absolute Gasteiger partial charge is 0.264 e. The van der Waals surface area contributed by atoms with Crippen LogP contribution in [0.4, 0.5) is 13.2 Å². The molecule has 1 nitrogen and oxygen atoms in total. The Balaban J connectivity index is 3.24. The van der Waals surface area contributed by atoms with Crippen molar-refractivity contribution >= 4 is 21.7 Å². The van der Waals surface area contributed by atoms with Gasteiger partial charge in [-0.2, -0.15) is 0 Å². The number of ketones is 1. The molecule has 0 heterocycles. The number of halogens is 4. The zero-order valence-corrected chi connectivity index (χ0v) is 9.39. The average molecular weight is 281 g/mol. The van der Waals surface area contributed by atoms with Crippen LogP contribution >= 0.6 is 15.9 Å². The van der Waals surface area contributed by atoms with E-state index in [1.165, 1.54) is 6.92 Å². The lowest BCUT2D eigenvalue weighted by atomic mass is 10.0. The Morgan fingerprint density at radius 2 is 2.00 bits per heavy atom. The maximum Gasteiger partial charge on any atom is 0.264 e. The number of alkyl halides is 3. The molecule has 0 N–H and O–H groups in total. The number of Topliss-reactive ketones (excluding diaryl/α,β-unsaturated/α-hetero) is 1. The van der Waals surface area contributed by atoms with Gasteiger partial charge in [0.15, 0.2) is 5.78 Å². The largest absolute Gasteiger partial charge is 0.293 e. The molecule has 0 aliphatic carbocycles. The summed E-state index contributed by atoms with van der Waals surface area (Å²) >= 11 is 2.97. The first-order valence-corrected chi connectivity index (χ1v) is 5.11. The fourth-order valence-corrected chi connectivity index (χ4v) is 1.39. The van der Waals surface area contributed by atoms with Crippen LogP contribution in [0.1, 0.15) is 29.3 Å². The van der Waals surface area contributed by atoms with Gasteiger partial charge in [-0.3, -0.25) is 4.79 Å². The summed E-state index contributed by atoms with van der Waals surface area (Å²) in [6.07, 6.45) is -2.78. The number of hydrogen-bond donors (Lipinski definition) is 0. The SMILES string of the molecule is CC(Br)C(=O)c1cc(F)ccc1C(F)F. The van der Waals surface area contributed by atoms with Crippen LogP contribution in [0.5, 0.6) is 0 Å². The van der Waals surface area contributed by atoms with Crippen molar-refractivity contribution in [3.63, 3.8) is 0 Å². The molecule has 0 fully saturated rings. The quantitative estimate of drug-likeness (QED) is 0.609. The third kappa shape index (κ3) is 2.81. The Bertz CT molecular complexity index is 377. The van der Waals surface area contributed by atoms with Gasteiger partial charge in [-0.25, -0.2) is 13.2 Å². The van der Waals surface area contributed by atoms with E-state index in [9.17, 15) is 18.0 Å². The van der Waals surface area contributed by atoms with Crippen molar-refractivity contribution < 1.29 is 18.0 Å². The maximum atomic E-state index is 12.8. The molecule has 82 valence electrons. The molecule has 1 aromatic rings. The lowest BCUT2D eigenvalue weighted by Crippen LogP contribution is -2.13. The zero-order chi connectivity index (χ0) is 11.6. The Labute approximate surface area is 93.4 Å². The van der Waals surface area contributed by atoms with Gasteiger partial charge in [-0.15, -0.1) is 0 Å². The second-order valence-corrected chi connectivity index (χ2v) is 4.39. The molecule has 1 aromatic carbocycles. The van der Waals surface area contributed by atoms with Crippen LogP contribution in [0.25, 0.3) is 0 Å². The lowest BCUT2D eigenvalue weighted by molar-refractivity contribution is 0.0981. The summed E-state index contributed by atoms with van der Waals surface area (Å²) in [5, 5.41) is 0. The summed E-state index contributed by atoms with van der Waals surface area (Å²) in [4.78, 5) is 10.9. The molecular formula is C10H8BrF3O. The fourth-order valence-electron chi connectivity index (χ4n) is 1.15. The molecule has 15 heavy (non-hydrogen) atoms. The first kappa shape index (κ1) is 12.2. The third-order valence-electron chi connectivity index (χ3n) is 1.88. The molecule has 5 heteroatoms. The molecule has 0 bridgehead atoms. The summed E-state index contributed by atoms with van der Waals surface area (Å²) in [5.41, 5.74) is -0.706. The minimum Gasteiger partial charge on any atom is -0.293 e. The van der Waals surface area contributed by atoms with E-state index in [2.05, 4.69) is 15.9 Å². The Kier molecular flexibility index (Phi) is 3.90. The van der Waals surface area contributed by atoms with Crippen molar-refractivity contribution in [1.29, 1.82) is 0 Å². The number of benzene rings is 1. The maximum absolute atomic E-state index is 12.8. The van der Waals surface area contributed by atoms with Crippen LogP contribution in [0.2, 0.25) is 0 Å². The minimum atomic E-state index is -2.78. The average Bonchev–Trinajstić information content (AvgIpc) is 2.15. The number of carbonyl (C=O) groups is 1. The van der Waals surface area contributed by atoms with E-state index < -0.39 is 28.4 Å². The first-order chi connectivity index (χ1) is 6.93. The molecule has 1 atom stereocenters. The molecule has 0 saturated carbocycles. The van der Waals surface area contributed by atoms with E-state index in [0.29, 0.717) is 0 Å². The van der Waals surface area contributed by atoms with Crippen molar-refractivity contribution in [3.05, 3.63) is 35.1 Å². The molecule has 0 radical (unpaired) electrons. The highest BCUT2D eigenvalue weighted by molar-refractivity contribution is 9.10. The molecule has 0 amide bonds. The first-order valence-electron chi connectivity index (χ1n) is 4.19. The topological polar surface area (TPSA) is 17.1 Å². The Morgan fingerprint density at radius 1 is 1.40 bits per heavy atom. The van der Waals surface area contributed by atoms with Crippen LogP contribution in [0.3, 0.4) is 0 Å². The van der Waals surface area contributed by atoms with Gasteiger partial charge in [0.1, 0.15) is 5.82 Å². The molecule has 0 aliphatic rings. The van der Waals surface area contributed by atoms with Crippen LogP contribution in [-0.4, -0.2) is 10.6 Å². The number of carbonyl (C=O) groups excluding carboxylic acids is 1. The van der Waals surface area contributed by atoms with E-state index >= 15 is 0 Å². The number of rotatable bonds is 3. The van der Waals surface area contributed by atoms with Gasteiger partial charge in [-0.1, -0.05) is 15.9 Å². The van der Waals surface area contributed by atoms with Gasteiger partial charge in [0.25, 0.3) is 6.43 Å². The Hall–Kier alpha value is -0.840. The fraction of sp³-hybridized carbons (Fsp3) is 0.300. The normalized spacial score (nSPS) is 12.9. The molecule has 0 aromatic heterocycles. The summed E-state index contributed by atoms with van der Waals surface area (Å²) in [5.74, 6) is -1.25. The zero-order valence-electron chi connectivity index (χ0n) is 7.81. The minimum absolute atomic E-state index is 0.269. The van der Waals surface area contributed by atoms with Crippen molar-refractivity contribution in [2.45, 2.75) is 18.2 Å². The van der Waals surface area contributed by atoms with Gasteiger partial charge < -0.3 is 0 Å². The standard InChI is InChI=1S/C10H8BrF3O/c1-5(11)9(15)8-4-6(12)2-3-7(8)10(13)14/h2-5,10H,1H3. The highest BCUT2D eigenvalue weighted by atomic mass is 79.9. The number of hydrogen-bond acceptors (Lipinski definition) is 1. The van der Waals surface area contributed by atoms with Crippen molar-refractivity contribution in [2.75, 3.05) is 0 Å². The second-order valence-electron chi connectivity index (χ2n) is 3.01. The molecule has 1 unspecified atom stereocenters. The van der Waals surface area contributed by atoms with E-state index in [-0.39, 0.29) is 5.56 Å². The van der Waals surface area contributed by atoms with Crippen LogP contribution in [0, 0.1) is 5.82 Å². The van der Waals surface area contributed by atoms with Gasteiger partial charge in [0.2, 0.25) is 0 Å². The molecule has 0 spiro atoms. The molecular weight excluding hydrogens is 273 g/mol. The molecule has 0 aliphatic heterocycles. The van der Waals surface area contributed by atoms with Gasteiger partial charge in [0.05, 0.1) is 4.83 Å². The van der Waals surface area contributed by atoms with Crippen molar-refractivity contribution in [3.8, 4) is 0 Å². The van der Waals surface area contributed by atoms with Gasteiger partial charge in [-0.05, 0) is 25.1 Å². The van der Waals surface area contributed by atoms with Crippen molar-refractivity contribution in [2.24, 2.45) is 0 Å². The monoisotopic (exact) mass is 280 g/mol. The highest BCUT2D eigenvalue weighted by Gasteiger charge is 2.21. The van der Waals surface area contributed by atoms with Gasteiger partial charge in [0, 0.05) is 11.1 Å². The van der Waals surface area contributed by atoms with E-state index in [1.807, 2.05) is 0 Å². The van der Waals surface area contributed by atoms with Crippen LogP contribution < -0.4 is 0 Å². The van der Waals surface area contributed by atoms with Crippen LogP contribution in [0.15, 0.2) is 18.2 Å². The van der Waals surface area contributed by atoms with Crippen molar-refractivity contribution in [1.82, 2.24) is 0 Å². The van der Waals surface area contributed by atoms with E-state index in [1.54, 1.807) is 0 Å². The van der Waals surface area contributed by atoms with Gasteiger partial charge >= 0.3 is 0 Å². The summed E-state index contributed by atoms with van der Waals surface area (Å²) in [6.45, 7) is 1.50. The van der Waals surface area contributed by atoms with E-state index in [0.717, 1.165) is 18.2 Å². The predicted molar refractivity (Wildman–Crippen MR) is 54.1 cm³/mol. The highest BCUT2D eigenvalue weighted by Crippen LogP contribution is 2.25. The van der Waals surface area contributed by atoms with E-state index in [4.69, 9.17) is 0 Å². The Morgan fingerprint density at radius 3 is 2.47 bits per heavy atom. The summed E-state index contributed by atoms with van der Waals surface area (Å²) < 4.78 is 37.8. The third-order valence-corrected chi connectivity index (χ3v) is 2.29.